The fourth-order valence-corrected chi connectivity index (χ4v) is 6.04. The lowest BCUT2D eigenvalue weighted by Crippen LogP contribution is -2.68. The molecule has 4 aliphatic rings. The molecule has 4 atom stereocenters. The van der Waals surface area contributed by atoms with Gasteiger partial charge in [0.05, 0.1) is 18.4 Å². The van der Waals surface area contributed by atoms with Gasteiger partial charge in [0.1, 0.15) is 28.2 Å². The average Bonchev–Trinajstić information content (AvgIpc) is 2.84. The van der Waals surface area contributed by atoms with E-state index in [0.29, 0.717) is 48.6 Å². The van der Waals surface area contributed by atoms with Crippen molar-refractivity contribution in [3.63, 3.8) is 0 Å². The van der Waals surface area contributed by atoms with Gasteiger partial charge in [-0.2, -0.15) is 0 Å². The molecule has 1 aromatic carbocycles. The fourth-order valence-electron chi connectivity index (χ4n) is 5.72. The molecule has 1 aromatic rings. The van der Waals surface area contributed by atoms with Gasteiger partial charge in [0.15, 0.2) is 0 Å². The van der Waals surface area contributed by atoms with Gasteiger partial charge >= 0.3 is 6.09 Å². The van der Waals surface area contributed by atoms with Crippen molar-refractivity contribution >= 4 is 29.3 Å². The third-order valence-electron chi connectivity index (χ3n) is 7.72. The number of rotatable bonds is 2. The molecule has 0 aromatic heterocycles. The summed E-state index contributed by atoms with van der Waals surface area (Å²) in [5.41, 5.74) is 0.629. The third kappa shape index (κ3) is 5.66. The highest BCUT2D eigenvalue weighted by molar-refractivity contribution is 6.35. The minimum absolute atomic E-state index is 0.0701. The number of fused-ring (bicyclic) bond motifs is 6. The highest BCUT2D eigenvalue weighted by Gasteiger charge is 2.59. The number of amides is 2. The van der Waals surface area contributed by atoms with Gasteiger partial charge in [0.2, 0.25) is 5.91 Å². The van der Waals surface area contributed by atoms with E-state index in [9.17, 15) is 9.59 Å². The molecule has 1 N–H and O–H groups in total. The summed E-state index contributed by atoms with van der Waals surface area (Å²) in [7, 11) is 4.89. The lowest BCUT2D eigenvalue weighted by atomic mass is 9.73. The van der Waals surface area contributed by atoms with Crippen LogP contribution in [0.1, 0.15) is 58.4 Å². The second-order valence-corrected chi connectivity index (χ2v) is 11.2. The van der Waals surface area contributed by atoms with E-state index in [1.54, 1.807) is 26.2 Å². The van der Waals surface area contributed by atoms with Crippen LogP contribution in [0.25, 0.3) is 0 Å². The van der Waals surface area contributed by atoms with Crippen molar-refractivity contribution in [1.82, 2.24) is 5.32 Å². The van der Waals surface area contributed by atoms with Crippen molar-refractivity contribution in [3.8, 4) is 5.75 Å². The van der Waals surface area contributed by atoms with E-state index in [4.69, 9.17) is 30.5 Å². The summed E-state index contributed by atoms with van der Waals surface area (Å²) in [5, 5.41) is 3.26. The molecule has 0 aliphatic carbocycles. The Morgan fingerprint density at radius 1 is 1.22 bits per heavy atom. The lowest BCUT2D eigenvalue weighted by Gasteiger charge is -2.57. The van der Waals surface area contributed by atoms with E-state index in [1.165, 1.54) is 0 Å². The SMILES string of the molecule is COc1cc2cc(c1Cl)N(C)C(=O)CC[C@]1(C)C[C@@](C)(O1)[C@@H]1C[C@](OC)(C/C=C/C=C(\C)C2)NC(=O)O1. The normalized spacial score (nSPS) is 34.9. The van der Waals surface area contributed by atoms with Crippen LogP contribution in [-0.4, -0.2) is 56.3 Å². The van der Waals surface area contributed by atoms with Crippen LogP contribution in [-0.2, 0) is 25.4 Å². The molecule has 8 nitrogen and oxygen atoms in total. The second kappa shape index (κ2) is 10.3. The number of ether oxygens (including phenoxy) is 4. The van der Waals surface area contributed by atoms with Gasteiger partial charge in [0, 0.05) is 39.8 Å². The van der Waals surface area contributed by atoms with Gasteiger partial charge in [0.25, 0.3) is 0 Å². The van der Waals surface area contributed by atoms with E-state index >= 15 is 0 Å². The Labute approximate surface area is 223 Å². The largest absolute Gasteiger partial charge is 0.495 e. The molecule has 2 saturated heterocycles. The molecule has 2 fully saturated rings. The van der Waals surface area contributed by atoms with Crippen molar-refractivity contribution in [3.05, 3.63) is 46.5 Å². The summed E-state index contributed by atoms with van der Waals surface area (Å²) in [6, 6.07) is 3.84. The monoisotopic (exact) mass is 532 g/mol. The second-order valence-electron chi connectivity index (χ2n) is 10.9. The number of nitrogens with one attached hydrogen (secondary N) is 1. The first-order valence-corrected chi connectivity index (χ1v) is 13.0. The molecule has 202 valence electrons. The number of hydrogen-bond acceptors (Lipinski definition) is 6. The van der Waals surface area contributed by atoms with Gasteiger partial charge in [-0.15, -0.1) is 0 Å². The van der Waals surface area contributed by atoms with Crippen LogP contribution in [0, 0.1) is 0 Å². The number of methoxy groups -OCH3 is 2. The molecular weight excluding hydrogens is 496 g/mol. The summed E-state index contributed by atoms with van der Waals surface area (Å²) in [6.07, 6.45) is 8.00. The van der Waals surface area contributed by atoms with Crippen LogP contribution < -0.4 is 15.0 Å². The van der Waals surface area contributed by atoms with Gasteiger partial charge in [-0.05, 0) is 51.3 Å². The van der Waals surface area contributed by atoms with E-state index in [-0.39, 0.29) is 12.3 Å². The van der Waals surface area contributed by atoms with Crippen LogP contribution in [0.5, 0.6) is 5.75 Å². The first-order chi connectivity index (χ1) is 17.4. The van der Waals surface area contributed by atoms with Crippen LogP contribution in [0.4, 0.5) is 10.5 Å². The molecule has 5 rings (SSSR count). The standard InChI is InChI=1S/C28H37ClN2O6/c1-18-9-7-8-11-28(35-6)16-22(36-25(33)30-28)27(3)17-26(2,37-27)12-10-23(32)31(4)20-14-19(13-18)15-21(34-5)24(20)29/h7-9,14-15,22H,10-13,16-17H2,1-6H3,(H,30,33)/b8-7+,18-9+/t22-,26+,27+,28+/m0/s1. The zero-order valence-corrected chi connectivity index (χ0v) is 23.2. The van der Waals surface area contributed by atoms with Gasteiger partial charge in [-0.25, -0.2) is 4.79 Å². The Morgan fingerprint density at radius 3 is 2.62 bits per heavy atom. The molecule has 0 spiro atoms. The maximum Gasteiger partial charge on any atom is 0.409 e. The predicted molar refractivity (Wildman–Crippen MR) is 142 cm³/mol. The number of halogens is 1. The van der Waals surface area contributed by atoms with Crippen molar-refractivity contribution in [1.29, 1.82) is 0 Å². The van der Waals surface area contributed by atoms with Gasteiger partial charge < -0.3 is 23.8 Å². The molecule has 37 heavy (non-hydrogen) atoms. The van der Waals surface area contributed by atoms with E-state index < -0.39 is 29.1 Å². The number of anilines is 1. The summed E-state index contributed by atoms with van der Waals surface area (Å²) < 4.78 is 23.4. The zero-order chi connectivity index (χ0) is 27.0. The Hall–Kier alpha value is -2.55. The smallest absolute Gasteiger partial charge is 0.409 e. The third-order valence-corrected chi connectivity index (χ3v) is 8.10. The van der Waals surface area contributed by atoms with Crippen LogP contribution in [0.2, 0.25) is 5.02 Å². The highest BCUT2D eigenvalue weighted by atomic mass is 35.5. The van der Waals surface area contributed by atoms with Crippen molar-refractivity contribution < 1.29 is 28.5 Å². The lowest BCUT2D eigenvalue weighted by molar-refractivity contribution is -0.303. The van der Waals surface area contributed by atoms with Gasteiger partial charge in [-0.1, -0.05) is 35.4 Å². The van der Waals surface area contributed by atoms with Gasteiger partial charge in [-0.3, -0.25) is 10.1 Å². The van der Waals surface area contributed by atoms with E-state index in [1.807, 2.05) is 51.1 Å². The molecule has 0 unspecified atom stereocenters. The number of alkyl carbamates (subject to hydrolysis) is 1. The Bertz CT molecular complexity index is 1130. The fraction of sp³-hybridized carbons (Fsp3) is 0.571. The molecule has 4 aliphatic heterocycles. The van der Waals surface area contributed by atoms with Crippen molar-refractivity contribution in [2.24, 2.45) is 0 Å². The number of carbonyl (C=O) groups is 2. The minimum atomic E-state index is -0.892. The topological polar surface area (TPSA) is 86.3 Å². The molecule has 9 heteroatoms. The molecule has 0 saturated carbocycles. The average molecular weight is 533 g/mol. The molecule has 0 radical (unpaired) electrons. The first kappa shape index (κ1) is 27.5. The molecular formula is C28H37ClN2O6. The predicted octanol–water partition coefficient (Wildman–Crippen LogP) is 5.32. The van der Waals surface area contributed by atoms with E-state index in [2.05, 4.69) is 5.32 Å². The highest BCUT2D eigenvalue weighted by Crippen LogP contribution is 2.49. The number of hydrogen-bond donors (Lipinski definition) is 1. The zero-order valence-electron chi connectivity index (χ0n) is 22.5. The minimum Gasteiger partial charge on any atom is -0.495 e. The number of allylic oxidation sites excluding steroid dienone is 3. The molecule has 2 amide bonds. The Balaban J connectivity index is 1.69. The summed E-state index contributed by atoms with van der Waals surface area (Å²) in [5.74, 6) is 0.456. The van der Waals surface area contributed by atoms with E-state index in [0.717, 1.165) is 11.1 Å². The van der Waals surface area contributed by atoms with Crippen LogP contribution >= 0.6 is 11.6 Å². The maximum absolute atomic E-state index is 13.2. The Morgan fingerprint density at radius 2 is 1.95 bits per heavy atom. The number of benzene rings is 1. The number of carbonyl (C=O) groups excluding carboxylic acids is 2. The summed E-state index contributed by atoms with van der Waals surface area (Å²) in [4.78, 5) is 27.3. The number of nitrogens with zero attached hydrogens (tertiary/aromatic N) is 1. The van der Waals surface area contributed by atoms with Crippen molar-refractivity contribution in [2.45, 2.75) is 82.3 Å². The van der Waals surface area contributed by atoms with Crippen molar-refractivity contribution in [2.75, 3.05) is 26.2 Å². The first-order valence-electron chi connectivity index (χ1n) is 12.6. The molecule has 4 heterocycles. The summed E-state index contributed by atoms with van der Waals surface area (Å²) in [6.45, 7) is 5.98. The summed E-state index contributed by atoms with van der Waals surface area (Å²) >= 11 is 6.61. The quantitative estimate of drug-likeness (QED) is 0.555. The molecule has 6 bridgehead atoms. The Kier molecular flexibility index (Phi) is 7.66. The van der Waals surface area contributed by atoms with Crippen LogP contribution in [0.15, 0.2) is 35.9 Å². The van der Waals surface area contributed by atoms with Crippen LogP contribution in [0.3, 0.4) is 0 Å². The maximum atomic E-state index is 13.2.